The summed E-state index contributed by atoms with van der Waals surface area (Å²) >= 11 is 0. The molecule has 2 aromatic heterocycles. The second-order valence-corrected chi connectivity index (χ2v) is 5.92. The Bertz CT molecular complexity index is 1040. The van der Waals surface area contributed by atoms with Crippen LogP contribution in [-0.2, 0) is 25.9 Å². The third-order valence-electron chi connectivity index (χ3n) is 3.96. The molecule has 0 aliphatic rings. The molecule has 148 valence electrons. The van der Waals surface area contributed by atoms with E-state index >= 15 is 0 Å². The SMILES string of the molecule is Cn1ncc(CNC(=O)c2ccc3nc(C(F)(F)F)ccc3c2)c1C(F)(F)F. The van der Waals surface area contributed by atoms with Crippen molar-refractivity contribution in [2.24, 2.45) is 7.05 Å². The van der Waals surface area contributed by atoms with Crippen molar-refractivity contribution in [3.8, 4) is 0 Å². The Morgan fingerprint density at radius 2 is 1.79 bits per heavy atom. The maximum absolute atomic E-state index is 13.0. The summed E-state index contributed by atoms with van der Waals surface area (Å²) in [6.45, 7) is -0.412. The number of pyridine rings is 1. The van der Waals surface area contributed by atoms with Gasteiger partial charge in [0.1, 0.15) is 11.4 Å². The normalized spacial score (nSPS) is 12.4. The Labute approximate surface area is 154 Å². The summed E-state index contributed by atoms with van der Waals surface area (Å²) in [4.78, 5) is 15.7. The van der Waals surface area contributed by atoms with E-state index < -0.39 is 36.2 Å². The van der Waals surface area contributed by atoms with Crippen molar-refractivity contribution in [1.82, 2.24) is 20.1 Å². The van der Waals surface area contributed by atoms with E-state index in [0.29, 0.717) is 4.68 Å². The van der Waals surface area contributed by atoms with Gasteiger partial charge in [-0.05, 0) is 24.3 Å². The van der Waals surface area contributed by atoms with Crippen molar-refractivity contribution < 1.29 is 31.1 Å². The topological polar surface area (TPSA) is 59.8 Å². The van der Waals surface area contributed by atoms with Crippen molar-refractivity contribution >= 4 is 16.8 Å². The first kappa shape index (κ1) is 19.6. The van der Waals surface area contributed by atoms with Gasteiger partial charge in [0.2, 0.25) is 0 Å². The van der Waals surface area contributed by atoms with Crippen molar-refractivity contribution in [2.75, 3.05) is 0 Å². The van der Waals surface area contributed by atoms with Gasteiger partial charge in [-0.15, -0.1) is 0 Å². The summed E-state index contributed by atoms with van der Waals surface area (Å²) in [6, 6.07) is 5.76. The molecule has 0 radical (unpaired) electrons. The molecule has 1 amide bonds. The summed E-state index contributed by atoms with van der Waals surface area (Å²) in [6.07, 6.45) is -8.22. The predicted molar refractivity (Wildman–Crippen MR) is 86.1 cm³/mol. The highest BCUT2D eigenvalue weighted by Crippen LogP contribution is 2.31. The van der Waals surface area contributed by atoms with Gasteiger partial charge < -0.3 is 5.32 Å². The number of aryl methyl sites for hydroxylation is 1. The van der Waals surface area contributed by atoms with E-state index in [9.17, 15) is 31.1 Å². The largest absolute Gasteiger partial charge is 0.433 e. The third-order valence-corrected chi connectivity index (χ3v) is 3.96. The molecule has 0 aliphatic heterocycles. The van der Waals surface area contributed by atoms with E-state index in [1.54, 1.807) is 0 Å². The second-order valence-electron chi connectivity index (χ2n) is 5.92. The Kier molecular flexibility index (Phi) is 4.77. The van der Waals surface area contributed by atoms with E-state index in [4.69, 9.17) is 0 Å². The highest BCUT2D eigenvalue weighted by Gasteiger charge is 2.37. The Morgan fingerprint density at radius 1 is 1.07 bits per heavy atom. The van der Waals surface area contributed by atoms with Gasteiger partial charge in [-0.3, -0.25) is 9.48 Å². The molecular formula is C17H12F6N4O. The molecule has 0 unspecified atom stereocenters. The molecule has 3 rings (SSSR count). The molecule has 11 heteroatoms. The molecule has 0 saturated heterocycles. The third kappa shape index (κ3) is 3.92. The average molecular weight is 402 g/mol. The van der Waals surface area contributed by atoms with E-state index in [2.05, 4.69) is 15.4 Å². The molecule has 0 fully saturated rings. The highest BCUT2D eigenvalue weighted by molar-refractivity contribution is 5.97. The van der Waals surface area contributed by atoms with Crippen molar-refractivity contribution in [3.05, 3.63) is 59.0 Å². The van der Waals surface area contributed by atoms with Crippen LogP contribution in [0, 0.1) is 0 Å². The number of hydrogen-bond donors (Lipinski definition) is 1. The zero-order chi connectivity index (χ0) is 20.7. The van der Waals surface area contributed by atoms with Crippen LogP contribution in [-0.4, -0.2) is 20.7 Å². The van der Waals surface area contributed by atoms with Gasteiger partial charge in [-0.1, -0.05) is 6.07 Å². The van der Waals surface area contributed by atoms with Gasteiger partial charge in [-0.25, -0.2) is 4.98 Å². The van der Waals surface area contributed by atoms with Gasteiger partial charge in [0.25, 0.3) is 5.91 Å². The summed E-state index contributed by atoms with van der Waals surface area (Å²) in [7, 11) is 1.14. The maximum atomic E-state index is 13.0. The number of amides is 1. The lowest BCUT2D eigenvalue weighted by molar-refractivity contribution is -0.144. The lowest BCUT2D eigenvalue weighted by atomic mass is 10.1. The fourth-order valence-electron chi connectivity index (χ4n) is 2.68. The molecule has 2 heterocycles. The van der Waals surface area contributed by atoms with Crippen LogP contribution in [0.4, 0.5) is 26.3 Å². The van der Waals surface area contributed by atoms with E-state index in [1.165, 1.54) is 24.3 Å². The van der Waals surface area contributed by atoms with Crippen molar-refractivity contribution in [3.63, 3.8) is 0 Å². The second kappa shape index (κ2) is 6.80. The molecule has 0 atom stereocenters. The summed E-state index contributed by atoms with van der Waals surface area (Å²) < 4.78 is 77.8. The van der Waals surface area contributed by atoms with Gasteiger partial charge in [-0.2, -0.15) is 31.4 Å². The van der Waals surface area contributed by atoms with Crippen LogP contribution in [0.2, 0.25) is 0 Å². The Morgan fingerprint density at radius 3 is 2.43 bits per heavy atom. The zero-order valence-corrected chi connectivity index (χ0v) is 14.2. The van der Waals surface area contributed by atoms with Gasteiger partial charge >= 0.3 is 12.4 Å². The van der Waals surface area contributed by atoms with Crippen LogP contribution in [0.5, 0.6) is 0 Å². The quantitative estimate of drug-likeness (QED) is 0.676. The van der Waals surface area contributed by atoms with E-state index in [1.807, 2.05) is 0 Å². The van der Waals surface area contributed by atoms with Crippen LogP contribution in [0.15, 0.2) is 36.5 Å². The summed E-state index contributed by atoms with van der Waals surface area (Å²) in [5.74, 6) is -0.682. The molecule has 3 aromatic rings. The van der Waals surface area contributed by atoms with Gasteiger partial charge in [0.15, 0.2) is 0 Å². The highest BCUT2D eigenvalue weighted by atomic mass is 19.4. The van der Waals surface area contributed by atoms with E-state index in [0.717, 1.165) is 19.3 Å². The number of hydrogen-bond acceptors (Lipinski definition) is 3. The first-order valence-electron chi connectivity index (χ1n) is 7.81. The number of benzene rings is 1. The van der Waals surface area contributed by atoms with Crippen molar-refractivity contribution in [2.45, 2.75) is 18.9 Å². The van der Waals surface area contributed by atoms with Crippen LogP contribution < -0.4 is 5.32 Å². The molecule has 1 aromatic carbocycles. The van der Waals surface area contributed by atoms with Gasteiger partial charge in [0.05, 0.1) is 11.7 Å². The number of rotatable bonds is 3. The first-order valence-corrected chi connectivity index (χ1v) is 7.81. The molecule has 0 aliphatic carbocycles. The van der Waals surface area contributed by atoms with Crippen LogP contribution >= 0.6 is 0 Å². The lowest BCUT2D eigenvalue weighted by Crippen LogP contribution is -2.24. The molecule has 5 nitrogen and oxygen atoms in total. The number of fused-ring (bicyclic) bond motifs is 1. The number of halogens is 6. The molecule has 0 spiro atoms. The first-order chi connectivity index (χ1) is 13.0. The number of carbonyl (C=O) groups is 1. The van der Waals surface area contributed by atoms with Crippen LogP contribution in [0.25, 0.3) is 10.9 Å². The minimum Gasteiger partial charge on any atom is -0.348 e. The molecule has 1 N–H and O–H groups in total. The minimum atomic E-state index is -4.63. The standard InChI is InChI=1S/C17H12F6N4O/c1-27-14(17(21,22)23)11(8-25-27)7-24-15(28)10-2-4-12-9(6-10)3-5-13(26-12)16(18,19)20/h2-6,8H,7H2,1H3,(H,24,28). The molecule has 28 heavy (non-hydrogen) atoms. The monoisotopic (exact) mass is 402 g/mol. The lowest BCUT2D eigenvalue weighted by Gasteiger charge is -2.11. The van der Waals surface area contributed by atoms with Crippen LogP contribution in [0.1, 0.15) is 27.3 Å². The molecule has 0 saturated carbocycles. The number of aromatic nitrogens is 3. The minimum absolute atomic E-state index is 0.0398. The van der Waals surface area contributed by atoms with Gasteiger partial charge in [0, 0.05) is 30.1 Å². The molecule has 0 bridgehead atoms. The Hall–Kier alpha value is -3.11. The van der Waals surface area contributed by atoms with Crippen molar-refractivity contribution in [1.29, 1.82) is 0 Å². The smallest absolute Gasteiger partial charge is 0.348 e. The van der Waals surface area contributed by atoms with E-state index in [-0.39, 0.29) is 22.0 Å². The van der Waals surface area contributed by atoms with Crippen LogP contribution in [0.3, 0.4) is 0 Å². The molecular weight excluding hydrogens is 390 g/mol. The summed E-state index contributed by atoms with van der Waals surface area (Å²) in [5, 5.41) is 6.19. The maximum Gasteiger partial charge on any atom is 0.433 e. The fourth-order valence-corrected chi connectivity index (χ4v) is 2.68. The summed E-state index contributed by atoms with van der Waals surface area (Å²) in [5.41, 5.74) is -2.13. The predicted octanol–water partition coefficient (Wildman–Crippen LogP) is 3.94. The number of nitrogens with one attached hydrogen (secondary N) is 1. The zero-order valence-electron chi connectivity index (χ0n) is 14.2. The average Bonchev–Trinajstić information content (AvgIpc) is 2.98. The fraction of sp³-hybridized carbons (Fsp3) is 0.235. The number of carbonyl (C=O) groups excluding carboxylic acids is 1. The number of alkyl halides is 6. The number of nitrogens with zero attached hydrogens (tertiary/aromatic N) is 3. The Balaban J connectivity index is 1.79.